The Labute approximate surface area is 115 Å². The molecule has 0 aromatic heterocycles. The number of hydrogen-bond donors (Lipinski definition) is 1. The van der Waals surface area contributed by atoms with Crippen LogP contribution in [0.3, 0.4) is 0 Å². The first kappa shape index (κ1) is 13.9. The predicted octanol–water partition coefficient (Wildman–Crippen LogP) is 2.99. The van der Waals surface area contributed by atoms with Crippen molar-refractivity contribution in [2.24, 2.45) is 0 Å². The summed E-state index contributed by atoms with van der Waals surface area (Å²) in [6.07, 6.45) is 0. The Morgan fingerprint density at radius 1 is 1.05 bits per heavy atom. The minimum Gasteiger partial charge on any atom is -0.508 e. The van der Waals surface area contributed by atoms with E-state index in [9.17, 15) is 14.3 Å². The number of benzene rings is 2. The molecule has 0 aliphatic carbocycles. The second-order valence-corrected chi connectivity index (χ2v) is 4.14. The van der Waals surface area contributed by atoms with Gasteiger partial charge in [-0.15, -0.1) is 0 Å². The molecule has 104 valence electrons. The van der Waals surface area contributed by atoms with Gasteiger partial charge in [0.15, 0.2) is 0 Å². The van der Waals surface area contributed by atoms with Crippen LogP contribution in [0.25, 0.3) is 11.1 Å². The molecule has 0 fully saturated rings. The molecular weight excluding hydrogens is 263 g/mol. The highest BCUT2D eigenvalue weighted by molar-refractivity contribution is 5.91. The molecule has 0 unspecified atom stereocenters. The smallest absolute Gasteiger partial charge is 0.337 e. The summed E-state index contributed by atoms with van der Waals surface area (Å²) in [5.41, 5.74) is 1.08. The standard InChI is InChI=1S/C15H13FO4/c1-19-14-7-10(6-13(17)8-14)9-3-11(15(18)20-2)5-12(16)4-9/h3-8,17H,1-2H3. The largest absolute Gasteiger partial charge is 0.508 e. The Hall–Kier alpha value is -2.56. The van der Waals surface area contributed by atoms with Gasteiger partial charge < -0.3 is 14.6 Å². The molecule has 2 aromatic rings. The van der Waals surface area contributed by atoms with Crippen LogP contribution in [-0.2, 0) is 4.74 Å². The highest BCUT2D eigenvalue weighted by atomic mass is 19.1. The third kappa shape index (κ3) is 2.88. The molecule has 1 N–H and O–H groups in total. The van der Waals surface area contributed by atoms with E-state index in [2.05, 4.69) is 4.74 Å². The fraction of sp³-hybridized carbons (Fsp3) is 0.133. The minimum absolute atomic E-state index is 0.0109. The Bertz CT molecular complexity index is 652. The maximum Gasteiger partial charge on any atom is 0.337 e. The highest BCUT2D eigenvalue weighted by Gasteiger charge is 2.11. The van der Waals surface area contributed by atoms with Gasteiger partial charge in [0.05, 0.1) is 19.8 Å². The van der Waals surface area contributed by atoms with E-state index in [-0.39, 0.29) is 11.3 Å². The van der Waals surface area contributed by atoms with Gasteiger partial charge in [-0.3, -0.25) is 0 Å². The summed E-state index contributed by atoms with van der Waals surface area (Å²) in [5, 5.41) is 9.61. The van der Waals surface area contributed by atoms with Crippen LogP contribution in [0.1, 0.15) is 10.4 Å². The van der Waals surface area contributed by atoms with Gasteiger partial charge in [0, 0.05) is 6.07 Å². The molecule has 0 saturated carbocycles. The number of ether oxygens (including phenoxy) is 2. The third-order valence-electron chi connectivity index (χ3n) is 2.78. The molecular formula is C15H13FO4. The second kappa shape index (κ2) is 5.61. The molecule has 0 aliphatic heterocycles. The topological polar surface area (TPSA) is 55.8 Å². The molecule has 0 saturated heterocycles. The van der Waals surface area contributed by atoms with Gasteiger partial charge in [0.2, 0.25) is 0 Å². The van der Waals surface area contributed by atoms with Crippen molar-refractivity contribution in [3.8, 4) is 22.6 Å². The number of phenols is 1. The van der Waals surface area contributed by atoms with Gasteiger partial charge in [-0.2, -0.15) is 0 Å². The number of carbonyl (C=O) groups is 1. The SMILES string of the molecule is COC(=O)c1cc(F)cc(-c2cc(O)cc(OC)c2)c1. The zero-order valence-electron chi connectivity index (χ0n) is 11.0. The molecule has 0 bridgehead atoms. The first-order valence-electron chi connectivity index (χ1n) is 5.81. The molecule has 0 radical (unpaired) electrons. The fourth-order valence-corrected chi connectivity index (χ4v) is 1.86. The van der Waals surface area contributed by atoms with E-state index in [1.807, 2.05) is 0 Å². The molecule has 0 spiro atoms. The molecule has 4 nitrogen and oxygen atoms in total. The van der Waals surface area contributed by atoms with Crippen LogP contribution >= 0.6 is 0 Å². The minimum atomic E-state index is -0.627. The molecule has 20 heavy (non-hydrogen) atoms. The lowest BCUT2D eigenvalue weighted by atomic mass is 10.0. The highest BCUT2D eigenvalue weighted by Crippen LogP contribution is 2.30. The van der Waals surface area contributed by atoms with E-state index in [4.69, 9.17) is 4.74 Å². The molecule has 5 heteroatoms. The Balaban J connectivity index is 2.54. The summed E-state index contributed by atoms with van der Waals surface area (Å²) in [6.45, 7) is 0. The van der Waals surface area contributed by atoms with Gasteiger partial charge in [-0.25, -0.2) is 9.18 Å². The zero-order valence-corrected chi connectivity index (χ0v) is 11.0. The lowest BCUT2D eigenvalue weighted by Gasteiger charge is -2.08. The van der Waals surface area contributed by atoms with Crippen LogP contribution in [0.4, 0.5) is 4.39 Å². The van der Waals surface area contributed by atoms with E-state index in [1.54, 1.807) is 6.07 Å². The summed E-state index contributed by atoms with van der Waals surface area (Å²) in [5.74, 6) is -0.768. The van der Waals surface area contributed by atoms with E-state index in [0.29, 0.717) is 16.9 Å². The quantitative estimate of drug-likeness (QED) is 0.876. The van der Waals surface area contributed by atoms with Gasteiger partial charge in [-0.1, -0.05) is 0 Å². The van der Waals surface area contributed by atoms with Crippen molar-refractivity contribution in [3.63, 3.8) is 0 Å². The molecule has 2 aromatic carbocycles. The second-order valence-electron chi connectivity index (χ2n) is 4.14. The third-order valence-corrected chi connectivity index (χ3v) is 2.78. The lowest BCUT2D eigenvalue weighted by molar-refractivity contribution is 0.0600. The van der Waals surface area contributed by atoms with Crippen molar-refractivity contribution in [3.05, 3.63) is 47.8 Å². The van der Waals surface area contributed by atoms with Crippen LogP contribution in [0.15, 0.2) is 36.4 Å². The van der Waals surface area contributed by atoms with Crippen molar-refractivity contribution >= 4 is 5.97 Å². The number of rotatable bonds is 3. The summed E-state index contributed by atoms with van der Waals surface area (Å²) in [4.78, 5) is 11.5. The van der Waals surface area contributed by atoms with Gasteiger partial charge >= 0.3 is 5.97 Å². The number of carbonyl (C=O) groups excluding carboxylic acids is 1. The maximum absolute atomic E-state index is 13.6. The zero-order chi connectivity index (χ0) is 14.7. The average Bonchev–Trinajstić information content (AvgIpc) is 2.45. The van der Waals surface area contributed by atoms with E-state index >= 15 is 0 Å². The predicted molar refractivity (Wildman–Crippen MR) is 71.4 cm³/mol. The maximum atomic E-state index is 13.6. The van der Waals surface area contributed by atoms with E-state index in [0.717, 1.165) is 6.07 Å². The first-order chi connectivity index (χ1) is 9.53. The van der Waals surface area contributed by atoms with Crippen molar-refractivity contribution in [2.45, 2.75) is 0 Å². The van der Waals surface area contributed by atoms with Crippen LogP contribution in [0.2, 0.25) is 0 Å². The summed E-state index contributed by atoms with van der Waals surface area (Å²) >= 11 is 0. The molecule has 0 heterocycles. The van der Waals surface area contributed by atoms with Crippen LogP contribution in [-0.4, -0.2) is 25.3 Å². The Morgan fingerprint density at radius 2 is 1.75 bits per heavy atom. The van der Waals surface area contributed by atoms with Crippen molar-refractivity contribution in [1.29, 1.82) is 0 Å². The Kier molecular flexibility index (Phi) is 3.89. The van der Waals surface area contributed by atoms with Crippen LogP contribution in [0.5, 0.6) is 11.5 Å². The van der Waals surface area contributed by atoms with Crippen LogP contribution in [0, 0.1) is 5.82 Å². The average molecular weight is 276 g/mol. The summed E-state index contributed by atoms with van der Waals surface area (Å²) < 4.78 is 23.2. The molecule has 2 rings (SSSR count). The van der Waals surface area contributed by atoms with E-state index < -0.39 is 11.8 Å². The van der Waals surface area contributed by atoms with E-state index in [1.165, 1.54) is 38.5 Å². The number of esters is 1. The fourth-order valence-electron chi connectivity index (χ4n) is 1.86. The van der Waals surface area contributed by atoms with Crippen molar-refractivity contribution in [2.75, 3.05) is 14.2 Å². The normalized spacial score (nSPS) is 10.2. The number of phenolic OH excluding ortho intramolecular Hbond substituents is 1. The van der Waals surface area contributed by atoms with Crippen LogP contribution < -0.4 is 4.74 Å². The van der Waals surface area contributed by atoms with Crippen molar-refractivity contribution in [1.82, 2.24) is 0 Å². The van der Waals surface area contributed by atoms with Gasteiger partial charge in [0.25, 0.3) is 0 Å². The Morgan fingerprint density at radius 3 is 2.40 bits per heavy atom. The van der Waals surface area contributed by atoms with Gasteiger partial charge in [-0.05, 0) is 41.5 Å². The lowest BCUT2D eigenvalue weighted by Crippen LogP contribution is -2.02. The summed E-state index contributed by atoms with van der Waals surface area (Å²) in [7, 11) is 2.69. The van der Waals surface area contributed by atoms with Crippen molar-refractivity contribution < 1.29 is 23.8 Å². The summed E-state index contributed by atoms with van der Waals surface area (Å²) in [6, 6.07) is 8.37. The first-order valence-corrected chi connectivity index (χ1v) is 5.81. The monoisotopic (exact) mass is 276 g/mol. The van der Waals surface area contributed by atoms with Gasteiger partial charge in [0.1, 0.15) is 17.3 Å². The molecule has 0 aliphatic rings. The number of hydrogen-bond acceptors (Lipinski definition) is 4. The molecule has 0 amide bonds. The molecule has 0 atom stereocenters. The number of halogens is 1. The number of methoxy groups -OCH3 is 2. The number of aromatic hydroxyl groups is 1.